The molecule has 1 aliphatic rings. The highest BCUT2D eigenvalue weighted by molar-refractivity contribution is 7.12. The molecule has 5 heteroatoms. The number of thiophene rings is 1. The Morgan fingerprint density at radius 3 is 2.44 bits per heavy atom. The van der Waals surface area contributed by atoms with E-state index in [1.807, 2.05) is 0 Å². The molecule has 18 heavy (non-hydrogen) atoms. The third-order valence-corrected chi connectivity index (χ3v) is 4.68. The van der Waals surface area contributed by atoms with E-state index in [0.29, 0.717) is 13.1 Å². The van der Waals surface area contributed by atoms with Crippen LogP contribution in [-0.2, 0) is 0 Å². The predicted molar refractivity (Wildman–Crippen MR) is 73.7 cm³/mol. The zero-order valence-corrected chi connectivity index (χ0v) is 11.7. The van der Waals surface area contributed by atoms with Crippen molar-refractivity contribution < 1.29 is 10.2 Å². The van der Waals surface area contributed by atoms with Crippen molar-refractivity contribution in [3.8, 4) is 0 Å². The van der Waals surface area contributed by atoms with E-state index in [0.717, 1.165) is 6.42 Å². The maximum Gasteiger partial charge on any atom is 0.0938 e. The molecule has 0 spiro atoms. The van der Waals surface area contributed by atoms with E-state index >= 15 is 0 Å². The molecule has 4 atom stereocenters. The number of hydrogen-bond donors (Lipinski definition) is 3. The summed E-state index contributed by atoms with van der Waals surface area (Å²) in [6, 6.07) is 4.33. The number of β-amino-alcohol motifs (C(OH)–C–C–N with tert-alkyl or cyclic N) is 2. The normalized spacial score (nSPS) is 28.5. The number of aliphatic hydroxyl groups is 2. The van der Waals surface area contributed by atoms with Crippen LogP contribution in [0.2, 0.25) is 0 Å². The van der Waals surface area contributed by atoms with E-state index in [1.165, 1.54) is 9.75 Å². The van der Waals surface area contributed by atoms with Gasteiger partial charge in [0.2, 0.25) is 0 Å². The number of rotatable bonds is 4. The van der Waals surface area contributed by atoms with Crippen molar-refractivity contribution in [2.75, 3.05) is 13.1 Å². The molecule has 0 aromatic carbocycles. The monoisotopic (exact) mass is 270 g/mol. The van der Waals surface area contributed by atoms with E-state index in [4.69, 9.17) is 5.73 Å². The Labute approximate surface area is 112 Å². The first-order valence-electron chi connectivity index (χ1n) is 6.45. The minimum atomic E-state index is -0.655. The van der Waals surface area contributed by atoms with Gasteiger partial charge in [0, 0.05) is 28.9 Å². The first-order valence-corrected chi connectivity index (χ1v) is 7.26. The molecule has 2 heterocycles. The van der Waals surface area contributed by atoms with Gasteiger partial charge < -0.3 is 15.9 Å². The lowest BCUT2D eigenvalue weighted by Gasteiger charge is -2.31. The molecule has 0 amide bonds. The highest BCUT2D eigenvalue weighted by Crippen LogP contribution is 2.33. The molecule has 4 N–H and O–H groups in total. The van der Waals surface area contributed by atoms with Crippen LogP contribution in [0.15, 0.2) is 12.1 Å². The second-order valence-corrected chi connectivity index (χ2v) is 6.37. The maximum absolute atomic E-state index is 9.69. The first-order chi connectivity index (χ1) is 8.52. The minimum Gasteiger partial charge on any atom is -0.389 e. The fraction of sp³-hybridized carbons (Fsp3) is 0.692. The zero-order chi connectivity index (χ0) is 13.3. The van der Waals surface area contributed by atoms with E-state index in [-0.39, 0.29) is 12.1 Å². The molecule has 0 bridgehead atoms. The molecule has 1 aromatic rings. The van der Waals surface area contributed by atoms with E-state index in [9.17, 15) is 10.2 Å². The van der Waals surface area contributed by atoms with Crippen molar-refractivity contribution in [1.82, 2.24) is 4.90 Å². The zero-order valence-electron chi connectivity index (χ0n) is 10.9. The summed E-state index contributed by atoms with van der Waals surface area (Å²) in [6.07, 6.45) is -0.431. The van der Waals surface area contributed by atoms with Crippen LogP contribution in [0.5, 0.6) is 0 Å². The Balaban J connectivity index is 2.21. The predicted octanol–water partition coefficient (Wildman–Crippen LogP) is 0.872. The lowest BCUT2D eigenvalue weighted by molar-refractivity contribution is 0.0572. The molecule has 0 aliphatic carbocycles. The van der Waals surface area contributed by atoms with Gasteiger partial charge >= 0.3 is 0 Å². The van der Waals surface area contributed by atoms with Gasteiger partial charge in [-0.2, -0.15) is 0 Å². The first kappa shape index (κ1) is 14.0. The number of nitrogens with zero attached hydrogens (tertiary/aromatic N) is 1. The molecule has 0 radical (unpaired) electrons. The molecule has 1 fully saturated rings. The third-order valence-electron chi connectivity index (χ3n) is 3.61. The van der Waals surface area contributed by atoms with Crippen LogP contribution >= 0.6 is 11.3 Å². The average Bonchev–Trinajstić information content (AvgIpc) is 2.87. The Hall–Kier alpha value is -0.460. The smallest absolute Gasteiger partial charge is 0.0938 e. The van der Waals surface area contributed by atoms with Crippen LogP contribution in [0.4, 0.5) is 0 Å². The number of aliphatic hydroxyl groups excluding tert-OH is 2. The molecule has 1 aromatic heterocycles. The summed E-state index contributed by atoms with van der Waals surface area (Å²) in [7, 11) is 0. The van der Waals surface area contributed by atoms with E-state index in [1.54, 1.807) is 11.3 Å². The van der Waals surface area contributed by atoms with Crippen LogP contribution < -0.4 is 5.73 Å². The summed E-state index contributed by atoms with van der Waals surface area (Å²) in [6.45, 7) is 5.14. The van der Waals surface area contributed by atoms with Crippen molar-refractivity contribution in [2.45, 2.75) is 44.6 Å². The summed E-state index contributed by atoms with van der Waals surface area (Å²) in [4.78, 5) is 4.59. The van der Waals surface area contributed by atoms with Crippen LogP contribution in [0.25, 0.3) is 0 Å². The largest absolute Gasteiger partial charge is 0.389 e. The average molecular weight is 270 g/mol. The molecule has 2 rings (SSSR count). The Morgan fingerprint density at radius 1 is 1.39 bits per heavy atom. The summed E-state index contributed by atoms with van der Waals surface area (Å²) >= 11 is 1.74. The summed E-state index contributed by atoms with van der Waals surface area (Å²) < 4.78 is 0. The van der Waals surface area contributed by atoms with Crippen molar-refractivity contribution in [2.24, 2.45) is 5.73 Å². The lowest BCUT2D eigenvalue weighted by atomic mass is 10.0. The molecule has 102 valence electrons. The van der Waals surface area contributed by atoms with Gasteiger partial charge in [0.1, 0.15) is 0 Å². The summed E-state index contributed by atoms with van der Waals surface area (Å²) in [5.41, 5.74) is 6.23. The van der Waals surface area contributed by atoms with Gasteiger partial charge in [0.25, 0.3) is 0 Å². The second-order valence-electron chi connectivity index (χ2n) is 5.05. The third kappa shape index (κ3) is 2.75. The van der Waals surface area contributed by atoms with E-state index < -0.39 is 12.2 Å². The van der Waals surface area contributed by atoms with Crippen molar-refractivity contribution in [3.05, 3.63) is 21.9 Å². The Morgan fingerprint density at radius 2 is 2.00 bits per heavy atom. The topological polar surface area (TPSA) is 69.7 Å². The number of hydrogen-bond acceptors (Lipinski definition) is 5. The van der Waals surface area contributed by atoms with Gasteiger partial charge in [-0.15, -0.1) is 11.3 Å². The van der Waals surface area contributed by atoms with Crippen LogP contribution in [0.1, 0.15) is 29.1 Å². The fourth-order valence-electron chi connectivity index (χ4n) is 2.52. The Bertz CT molecular complexity index is 386. The van der Waals surface area contributed by atoms with Crippen LogP contribution in [0.3, 0.4) is 0 Å². The van der Waals surface area contributed by atoms with Crippen molar-refractivity contribution in [3.63, 3.8) is 0 Å². The molecule has 1 saturated heterocycles. The molecular weight excluding hydrogens is 248 g/mol. The molecule has 1 aliphatic heterocycles. The van der Waals surface area contributed by atoms with Crippen molar-refractivity contribution >= 4 is 11.3 Å². The highest BCUT2D eigenvalue weighted by Gasteiger charge is 2.37. The van der Waals surface area contributed by atoms with Gasteiger partial charge in [-0.25, -0.2) is 0 Å². The van der Waals surface area contributed by atoms with Gasteiger partial charge in [0.05, 0.1) is 18.2 Å². The highest BCUT2D eigenvalue weighted by atomic mass is 32.1. The van der Waals surface area contributed by atoms with Gasteiger partial charge in [-0.05, 0) is 25.5 Å². The van der Waals surface area contributed by atoms with Crippen molar-refractivity contribution in [1.29, 1.82) is 0 Å². The lowest BCUT2D eigenvalue weighted by Crippen LogP contribution is -2.40. The van der Waals surface area contributed by atoms with Crippen LogP contribution in [-0.4, -0.2) is 46.5 Å². The van der Waals surface area contributed by atoms with Crippen LogP contribution in [0, 0.1) is 6.92 Å². The standard InChI is InChI=1S/C13H22N2O2S/c1-3-9(14)13(12-5-4-8(2)18-12)15-6-10(16)11(17)7-15/h4-5,9-11,13,16-17H,3,6-7,14H2,1-2H3. The Kier molecular flexibility index (Phi) is 4.40. The molecule has 4 unspecified atom stereocenters. The molecular formula is C13H22N2O2S. The number of nitrogens with two attached hydrogens (primary N) is 1. The molecule has 4 nitrogen and oxygen atoms in total. The van der Waals surface area contributed by atoms with Gasteiger partial charge in [-0.1, -0.05) is 6.92 Å². The second kappa shape index (κ2) is 5.67. The van der Waals surface area contributed by atoms with E-state index in [2.05, 4.69) is 30.9 Å². The SMILES string of the molecule is CCC(N)C(c1ccc(C)s1)N1CC(O)C(O)C1. The minimum absolute atomic E-state index is 0.0283. The van der Waals surface area contributed by atoms with Gasteiger partial charge in [-0.3, -0.25) is 4.90 Å². The quantitative estimate of drug-likeness (QED) is 0.759. The fourth-order valence-corrected chi connectivity index (χ4v) is 3.61. The molecule has 0 saturated carbocycles. The summed E-state index contributed by atoms with van der Waals surface area (Å²) in [5.74, 6) is 0. The summed E-state index contributed by atoms with van der Waals surface area (Å²) in [5, 5.41) is 19.4. The number of aryl methyl sites for hydroxylation is 1. The van der Waals surface area contributed by atoms with Gasteiger partial charge in [0.15, 0.2) is 0 Å². The number of likely N-dealkylation sites (tertiary alicyclic amines) is 1. The maximum atomic E-state index is 9.69.